The first-order chi connectivity index (χ1) is 3.62. The van der Waals surface area contributed by atoms with Gasteiger partial charge in [-0.3, -0.25) is 0 Å². The average molecular weight is 146 g/mol. The first kappa shape index (κ1) is 8.13. The minimum Gasteiger partial charge on any atom is -0.467 e. The lowest BCUT2D eigenvalue weighted by Crippen LogP contribution is -2.11. The molecule has 0 N–H and O–H groups in total. The summed E-state index contributed by atoms with van der Waals surface area (Å²) in [7, 11) is 0.582. The third kappa shape index (κ3) is 3.18. The molecule has 0 aromatic rings. The van der Waals surface area contributed by atoms with E-state index in [1.165, 1.54) is 0 Å². The molecule has 0 aliphatic rings. The summed E-state index contributed by atoms with van der Waals surface area (Å²) in [6.07, 6.45) is 1.98. The third-order valence-electron chi connectivity index (χ3n) is 1.07. The first-order valence-electron chi connectivity index (χ1n) is 2.75. The van der Waals surface area contributed by atoms with Gasteiger partial charge in [-0.25, -0.2) is 0 Å². The molecule has 0 saturated heterocycles. The molecule has 0 atom stereocenters. The van der Waals surface area contributed by atoms with Crippen LogP contribution in [0.3, 0.4) is 0 Å². The fraction of sp³-hybridized carbons (Fsp3) is 0.600. The minimum absolute atomic E-state index is 0.307. The van der Waals surface area contributed by atoms with Gasteiger partial charge in [-0.1, -0.05) is 19.9 Å². The van der Waals surface area contributed by atoms with Gasteiger partial charge >= 0.3 is 0 Å². The van der Waals surface area contributed by atoms with E-state index in [0.29, 0.717) is 5.04 Å². The van der Waals surface area contributed by atoms with E-state index in [1.807, 2.05) is 6.08 Å². The Hall–Kier alpha value is 0.134. The number of rotatable bonds is 3. The number of hydrogen-bond acceptors (Lipinski definition) is 1. The molecule has 0 aliphatic heterocycles. The molecule has 1 nitrogen and oxygen atoms in total. The maximum atomic E-state index is 5.20. The number of hydrogen-bond donors (Lipinski definition) is 0. The maximum Gasteiger partial charge on any atom is 0.155 e. The predicted molar refractivity (Wildman–Crippen MR) is 43.8 cm³/mol. The van der Waals surface area contributed by atoms with Crippen molar-refractivity contribution in [1.29, 1.82) is 0 Å². The van der Waals surface area contributed by atoms with Gasteiger partial charge < -0.3 is 4.12 Å². The van der Waals surface area contributed by atoms with E-state index in [4.69, 9.17) is 4.12 Å². The topological polar surface area (TPSA) is 9.23 Å². The molecule has 0 aliphatic carbocycles. The Balaban J connectivity index is 3.53. The summed E-state index contributed by atoms with van der Waals surface area (Å²) in [5.74, 6) is 0. The van der Waals surface area contributed by atoms with Crippen LogP contribution in [0.25, 0.3) is 0 Å². The fourth-order valence-corrected chi connectivity index (χ4v) is 3.52. The minimum atomic E-state index is -0.307. The third-order valence-corrected chi connectivity index (χ3v) is 3.26. The normalized spacial score (nSPS) is 13.2. The monoisotopic (exact) mass is 146 g/mol. The molecule has 8 heavy (non-hydrogen) atoms. The van der Waals surface area contributed by atoms with E-state index >= 15 is 0 Å². The van der Waals surface area contributed by atoms with Crippen LogP contribution in [0.5, 0.6) is 0 Å². The van der Waals surface area contributed by atoms with Crippen molar-refractivity contribution in [2.24, 2.45) is 0 Å². The zero-order valence-corrected chi connectivity index (χ0v) is 9.31. The smallest absolute Gasteiger partial charge is 0.155 e. The molecule has 0 rings (SSSR count). The quantitative estimate of drug-likeness (QED) is 0.394. The summed E-state index contributed by atoms with van der Waals surface area (Å²) in [5, 5.41) is 0.307. The second-order valence-electron chi connectivity index (χ2n) is 2.63. The zero-order chi connectivity index (χ0) is 6.62. The van der Waals surface area contributed by atoms with Gasteiger partial charge in [-0.2, -0.15) is 0 Å². The molecule has 0 aromatic heterocycles. The van der Waals surface area contributed by atoms with E-state index in [-0.39, 0.29) is 9.76 Å². The van der Waals surface area contributed by atoms with Crippen molar-refractivity contribution in [3.63, 3.8) is 0 Å². The van der Waals surface area contributed by atoms with Crippen LogP contribution < -0.4 is 0 Å². The largest absolute Gasteiger partial charge is 0.467 e. The van der Waals surface area contributed by atoms with E-state index < -0.39 is 0 Å². The van der Waals surface area contributed by atoms with E-state index in [1.54, 1.807) is 0 Å². The zero-order valence-electron chi connectivity index (χ0n) is 5.90. The Labute approximate surface area is 56.6 Å². The predicted octanol–water partition coefficient (Wildman–Crippen LogP) is -0.248. The second kappa shape index (κ2) is 3.22. The van der Waals surface area contributed by atoms with Gasteiger partial charge in [-0.05, 0) is 5.04 Å². The van der Waals surface area contributed by atoms with Gasteiger partial charge in [0.2, 0.25) is 0 Å². The summed E-state index contributed by atoms with van der Waals surface area (Å²) in [6.45, 7) is 8.06. The molecule has 48 valence electrons. The van der Waals surface area contributed by atoms with Gasteiger partial charge in [0.15, 0.2) is 9.76 Å². The van der Waals surface area contributed by atoms with Crippen molar-refractivity contribution in [3.8, 4) is 0 Å². The fourth-order valence-electron chi connectivity index (χ4n) is 0.431. The molecule has 0 bridgehead atoms. The van der Waals surface area contributed by atoms with Crippen molar-refractivity contribution >= 4 is 20.2 Å². The summed E-state index contributed by atoms with van der Waals surface area (Å²) in [6, 6.07) is 0. The average Bonchev–Trinajstić information content (AvgIpc) is 1.67. The van der Waals surface area contributed by atoms with Gasteiger partial charge in [0.05, 0.1) is 0 Å². The molecule has 0 aromatic carbocycles. The summed E-state index contributed by atoms with van der Waals surface area (Å²) < 4.78 is 5.20. The van der Waals surface area contributed by atoms with Gasteiger partial charge in [0, 0.05) is 0 Å². The van der Waals surface area contributed by atoms with Crippen LogP contribution in [0, 0.1) is 0 Å². The highest BCUT2D eigenvalue weighted by Gasteiger charge is 2.11. The van der Waals surface area contributed by atoms with Gasteiger partial charge in [0.25, 0.3) is 0 Å². The molecule has 0 fully saturated rings. The molecular weight excluding hydrogens is 132 g/mol. The van der Waals surface area contributed by atoms with Crippen LogP contribution in [-0.4, -0.2) is 20.2 Å². The van der Waals surface area contributed by atoms with E-state index in [2.05, 4.69) is 20.4 Å². The summed E-state index contributed by atoms with van der Waals surface area (Å²) in [4.78, 5) is 0. The lowest BCUT2D eigenvalue weighted by Gasteiger charge is -2.16. The standard InChI is InChI=1S/C5H14OSi2/c1-4-5(2,3)8-6-7/h4H,1,8H2,2-3,7H3. The van der Waals surface area contributed by atoms with Crippen molar-refractivity contribution in [2.75, 3.05) is 0 Å². The Bertz CT molecular complexity index is 80.5. The highest BCUT2D eigenvalue weighted by atomic mass is 28.3. The van der Waals surface area contributed by atoms with Crippen molar-refractivity contribution in [1.82, 2.24) is 0 Å². The lowest BCUT2D eigenvalue weighted by atomic mass is 10.2. The molecule has 0 saturated carbocycles. The molecule has 0 unspecified atom stereocenters. The van der Waals surface area contributed by atoms with Crippen LogP contribution in [-0.2, 0) is 4.12 Å². The second-order valence-corrected chi connectivity index (χ2v) is 7.05. The lowest BCUT2D eigenvalue weighted by molar-refractivity contribution is 0.614. The van der Waals surface area contributed by atoms with Crippen LogP contribution in [0.4, 0.5) is 0 Å². The maximum absolute atomic E-state index is 5.20. The van der Waals surface area contributed by atoms with Crippen molar-refractivity contribution < 1.29 is 4.12 Å². The summed E-state index contributed by atoms with van der Waals surface area (Å²) >= 11 is 0. The van der Waals surface area contributed by atoms with Crippen LogP contribution in [0.2, 0.25) is 5.04 Å². The van der Waals surface area contributed by atoms with Crippen LogP contribution in [0.15, 0.2) is 12.7 Å². The Morgan fingerprint density at radius 3 is 2.38 bits per heavy atom. The molecule has 3 heteroatoms. The Kier molecular flexibility index (Phi) is 3.27. The first-order valence-corrected chi connectivity index (χ1v) is 4.85. The Morgan fingerprint density at radius 2 is 2.25 bits per heavy atom. The Morgan fingerprint density at radius 1 is 1.75 bits per heavy atom. The molecule has 0 spiro atoms. The highest BCUT2D eigenvalue weighted by Crippen LogP contribution is 2.22. The molecule has 0 radical (unpaired) electrons. The van der Waals surface area contributed by atoms with Crippen LogP contribution in [0.1, 0.15) is 13.8 Å². The highest BCUT2D eigenvalue weighted by molar-refractivity contribution is 6.38. The van der Waals surface area contributed by atoms with Crippen molar-refractivity contribution in [2.45, 2.75) is 18.9 Å². The van der Waals surface area contributed by atoms with E-state index in [0.717, 1.165) is 10.5 Å². The van der Waals surface area contributed by atoms with E-state index in [9.17, 15) is 0 Å². The SMILES string of the molecule is C=CC(C)(C)[SiH2]O[SiH3]. The van der Waals surface area contributed by atoms with Crippen LogP contribution >= 0.6 is 0 Å². The molecular formula is C5H14OSi2. The van der Waals surface area contributed by atoms with Gasteiger partial charge in [-0.15, -0.1) is 6.58 Å². The number of allylic oxidation sites excluding steroid dienone is 1. The molecule has 0 amide bonds. The summed E-state index contributed by atoms with van der Waals surface area (Å²) in [5.41, 5.74) is 0. The molecule has 0 heterocycles. The van der Waals surface area contributed by atoms with Gasteiger partial charge in [0.1, 0.15) is 10.5 Å². The van der Waals surface area contributed by atoms with Crippen molar-refractivity contribution in [3.05, 3.63) is 12.7 Å².